The van der Waals surface area contributed by atoms with Gasteiger partial charge in [-0.15, -0.1) is 11.3 Å². The molecule has 2 aromatic heterocycles. The molecule has 1 aliphatic carbocycles. The van der Waals surface area contributed by atoms with E-state index in [2.05, 4.69) is 30.2 Å². The van der Waals surface area contributed by atoms with Crippen LogP contribution in [0.5, 0.6) is 0 Å². The van der Waals surface area contributed by atoms with Crippen molar-refractivity contribution in [3.8, 4) is 10.6 Å². The summed E-state index contributed by atoms with van der Waals surface area (Å²) in [6.45, 7) is 6.52. The number of aryl methyl sites for hydroxylation is 2. The molecule has 0 amide bonds. The first kappa shape index (κ1) is 14.7. The lowest BCUT2D eigenvalue weighted by atomic mass is 9.91. The molecule has 3 nitrogen and oxygen atoms in total. The molecule has 112 valence electrons. The van der Waals surface area contributed by atoms with Crippen LogP contribution in [0.4, 0.5) is 0 Å². The van der Waals surface area contributed by atoms with Crippen molar-refractivity contribution in [2.75, 3.05) is 13.1 Å². The summed E-state index contributed by atoms with van der Waals surface area (Å²) in [5, 5.41) is 4.70. The van der Waals surface area contributed by atoms with E-state index in [1.807, 2.05) is 23.7 Å². The van der Waals surface area contributed by atoms with Gasteiger partial charge in [0.1, 0.15) is 5.01 Å². The Bertz CT molecular complexity index is 606. The molecule has 3 rings (SSSR count). The van der Waals surface area contributed by atoms with Crippen LogP contribution >= 0.6 is 11.3 Å². The van der Waals surface area contributed by atoms with Crippen LogP contribution in [0.3, 0.4) is 0 Å². The molecule has 2 heterocycles. The maximum absolute atomic E-state index is 4.98. The van der Waals surface area contributed by atoms with Gasteiger partial charge in [-0.25, -0.2) is 4.98 Å². The van der Waals surface area contributed by atoms with Gasteiger partial charge < -0.3 is 5.32 Å². The van der Waals surface area contributed by atoms with Crippen LogP contribution in [0.25, 0.3) is 10.6 Å². The van der Waals surface area contributed by atoms with E-state index in [4.69, 9.17) is 4.98 Å². The standard InChI is InChI=1S/C17H23N3S/c1-3-8-18-10-13-5-4-6-15-16(13)20-17(21-15)14-11-19-9-7-12(14)2/h7,9,11,13,18H,3-6,8,10H2,1-2H3. The first-order chi connectivity index (χ1) is 10.3. The molecule has 1 aliphatic rings. The summed E-state index contributed by atoms with van der Waals surface area (Å²) in [7, 11) is 0. The summed E-state index contributed by atoms with van der Waals surface area (Å²) < 4.78 is 0. The lowest BCUT2D eigenvalue weighted by Gasteiger charge is -2.21. The Labute approximate surface area is 130 Å². The molecule has 4 heteroatoms. The van der Waals surface area contributed by atoms with E-state index in [0.29, 0.717) is 5.92 Å². The second-order valence-electron chi connectivity index (χ2n) is 5.81. The molecule has 0 radical (unpaired) electrons. The highest BCUT2D eigenvalue weighted by Crippen LogP contribution is 2.38. The zero-order valence-corrected chi connectivity index (χ0v) is 13.7. The van der Waals surface area contributed by atoms with Gasteiger partial charge in [0.25, 0.3) is 0 Å². The van der Waals surface area contributed by atoms with Gasteiger partial charge >= 0.3 is 0 Å². The number of nitrogens with zero attached hydrogens (tertiary/aromatic N) is 2. The predicted molar refractivity (Wildman–Crippen MR) is 88.9 cm³/mol. The van der Waals surface area contributed by atoms with Crippen molar-refractivity contribution in [3.05, 3.63) is 34.6 Å². The van der Waals surface area contributed by atoms with Crippen LogP contribution in [-0.2, 0) is 6.42 Å². The molecule has 0 fully saturated rings. The Morgan fingerprint density at radius 2 is 2.33 bits per heavy atom. The zero-order chi connectivity index (χ0) is 14.7. The van der Waals surface area contributed by atoms with Gasteiger partial charge in [0.2, 0.25) is 0 Å². The topological polar surface area (TPSA) is 37.8 Å². The lowest BCUT2D eigenvalue weighted by molar-refractivity contribution is 0.502. The van der Waals surface area contributed by atoms with Crippen LogP contribution in [-0.4, -0.2) is 23.1 Å². The van der Waals surface area contributed by atoms with Gasteiger partial charge in [-0.2, -0.15) is 0 Å². The van der Waals surface area contributed by atoms with Gasteiger partial charge in [-0.1, -0.05) is 6.92 Å². The van der Waals surface area contributed by atoms with E-state index in [1.165, 1.54) is 47.4 Å². The van der Waals surface area contributed by atoms with E-state index >= 15 is 0 Å². The molecule has 0 aliphatic heterocycles. The largest absolute Gasteiger partial charge is 0.316 e. The third-order valence-electron chi connectivity index (χ3n) is 4.16. The second-order valence-corrected chi connectivity index (χ2v) is 6.89. The van der Waals surface area contributed by atoms with E-state index in [1.54, 1.807) is 0 Å². The summed E-state index contributed by atoms with van der Waals surface area (Å²) in [5.74, 6) is 0.585. The molecule has 21 heavy (non-hydrogen) atoms. The Hall–Kier alpha value is -1.26. The number of fused-ring (bicyclic) bond motifs is 1. The maximum Gasteiger partial charge on any atom is 0.125 e. The number of hydrogen-bond acceptors (Lipinski definition) is 4. The van der Waals surface area contributed by atoms with Crippen molar-refractivity contribution in [3.63, 3.8) is 0 Å². The van der Waals surface area contributed by atoms with E-state index in [9.17, 15) is 0 Å². The van der Waals surface area contributed by atoms with Crippen LogP contribution in [0.1, 0.15) is 48.2 Å². The minimum Gasteiger partial charge on any atom is -0.316 e. The summed E-state index contributed by atoms with van der Waals surface area (Å²) in [4.78, 5) is 10.7. The highest BCUT2D eigenvalue weighted by Gasteiger charge is 2.25. The SMILES string of the molecule is CCCNCC1CCCc2sc(-c3cnccc3C)nc21. The number of thiazole rings is 1. The summed E-state index contributed by atoms with van der Waals surface area (Å²) in [6, 6.07) is 2.07. The summed E-state index contributed by atoms with van der Waals surface area (Å²) in [6.07, 6.45) is 8.74. The Morgan fingerprint density at radius 1 is 1.43 bits per heavy atom. The lowest BCUT2D eigenvalue weighted by Crippen LogP contribution is -2.24. The molecule has 1 atom stereocenters. The molecule has 2 aromatic rings. The molecular formula is C17H23N3S. The van der Waals surface area contributed by atoms with E-state index in [-0.39, 0.29) is 0 Å². The van der Waals surface area contributed by atoms with Gasteiger partial charge in [0.15, 0.2) is 0 Å². The van der Waals surface area contributed by atoms with E-state index < -0.39 is 0 Å². The third kappa shape index (κ3) is 3.16. The van der Waals surface area contributed by atoms with Gasteiger partial charge in [-0.3, -0.25) is 4.98 Å². The van der Waals surface area contributed by atoms with Crippen LogP contribution < -0.4 is 5.32 Å². The minimum absolute atomic E-state index is 0.585. The van der Waals surface area contributed by atoms with Gasteiger partial charge in [-0.05, 0) is 50.8 Å². The molecule has 0 saturated carbocycles. The quantitative estimate of drug-likeness (QED) is 0.850. The van der Waals surface area contributed by atoms with Crippen molar-refractivity contribution in [2.24, 2.45) is 0 Å². The average Bonchev–Trinajstić information content (AvgIpc) is 2.92. The summed E-state index contributed by atoms with van der Waals surface area (Å²) in [5.41, 5.74) is 3.79. The fourth-order valence-corrected chi connectivity index (χ4v) is 4.23. The smallest absolute Gasteiger partial charge is 0.125 e. The van der Waals surface area contributed by atoms with Crippen molar-refractivity contribution in [1.82, 2.24) is 15.3 Å². The highest BCUT2D eigenvalue weighted by atomic mass is 32.1. The van der Waals surface area contributed by atoms with Gasteiger partial charge in [0.05, 0.1) is 5.69 Å². The first-order valence-corrected chi connectivity index (χ1v) is 8.72. The molecule has 1 N–H and O–H groups in total. The van der Waals surface area contributed by atoms with Crippen LogP contribution in [0.15, 0.2) is 18.5 Å². The Balaban J connectivity index is 1.86. The number of rotatable bonds is 5. The first-order valence-electron chi connectivity index (χ1n) is 7.91. The molecule has 0 aromatic carbocycles. The zero-order valence-electron chi connectivity index (χ0n) is 12.9. The highest BCUT2D eigenvalue weighted by molar-refractivity contribution is 7.15. The number of pyridine rings is 1. The molecular weight excluding hydrogens is 278 g/mol. The van der Waals surface area contributed by atoms with Crippen LogP contribution in [0.2, 0.25) is 0 Å². The van der Waals surface area contributed by atoms with Crippen molar-refractivity contribution in [2.45, 2.75) is 45.4 Å². The minimum atomic E-state index is 0.585. The fourth-order valence-electron chi connectivity index (χ4n) is 2.96. The monoisotopic (exact) mass is 301 g/mol. The van der Waals surface area contributed by atoms with Crippen molar-refractivity contribution >= 4 is 11.3 Å². The van der Waals surface area contributed by atoms with E-state index in [0.717, 1.165) is 18.1 Å². The molecule has 0 bridgehead atoms. The Kier molecular flexibility index (Phi) is 4.66. The number of aromatic nitrogens is 2. The summed E-state index contributed by atoms with van der Waals surface area (Å²) >= 11 is 1.87. The molecule has 0 saturated heterocycles. The predicted octanol–water partition coefficient (Wildman–Crippen LogP) is 3.93. The third-order valence-corrected chi connectivity index (χ3v) is 5.32. The molecule has 1 unspecified atom stereocenters. The van der Waals surface area contributed by atoms with Crippen molar-refractivity contribution in [1.29, 1.82) is 0 Å². The van der Waals surface area contributed by atoms with Crippen molar-refractivity contribution < 1.29 is 0 Å². The maximum atomic E-state index is 4.98. The molecule has 0 spiro atoms. The second kappa shape index (κ2) is 6.67. The normalized spacial score (nSPS) is 17.7. The Morgan fingerprint density at radius 3 is 3.14 bits per heavy atom. The fraction of sp³-hybridized carbons (Fsp3) is 0.529. The number of hydrogen-bond donors (Lipinski definition) is 1. The number of nitrogens with one attached hydrogen (secondary N) is 1. The average molecular weight is 301 g/mol. The van der Waals surface area contributed by atoms with Gasteiger partial charge in [0, 0.05) is 35.3 Å². The van der Waals surface area contributed by atoms with Crippen LogP contribution in [0, 0.1) is 6.92 Å².